The first-order valence-electron chi connectivity index (χ1n) is 11.7. The van der Waals surface area contributed by atoms with Gasteiger partial charge in [0.1, 0.15) is 5.69 Å². The second-order valence-electron chi connectivity index (χ2n) is 9.68. The number of carbonyl (C=O) groups is 1. The third-order valence-corrected chi connectivity index (χ3v) is 7.87. The number of aromatic nitrogens is 2. The Morgan fingerprint density at radius 1 is 1.18 bits per heavy atom. The number of pyridine rings is 2. The zero-order valence-electron chi connectivity index (χ0n) is 19.0. The van der Waals surface area contributed by atoms with Crippen LogP contribution in [0.4, 0.5) is 8.78 Å². The Morgan fingerprint density at radius 3 is 2.65 bits per heavy atom. The number of halogens is 2. The van der Waals surface area contributed by atoms with Gasteiger partial charge in [0, 0.05) is 29.4 Å². The van der Waals surface area contributed by atoms with E-state index in [4.69, 9.17) is 10.5 Å². The van der Waals surface area contributed by atoms with Crippen LogP contribution in [0.3, 0.4) is 0 Å². The minimum Gasteiger partial charge on any atom is -0.493 e. The lowest BCUT2D eigenvalue weighted by Gasteiger charge is -2.43. The molecule has 2 saturated carbocycles. The van der Waals surface area contributed by atoms with E-state index in [0.29, 0.717) is 16.8 Å². The number of hydrogen-bond acceptors (Lipinski definition) is 4. The molecule has 6 nitrogen and oxygen atoms in total. The van der Waals surface area contributed by atoms with Crippen molar-refractivity contribution in [1.29, 1.82) is 0 Å². The van der Waals surface area contributed by atoms with Crippen LogP contribution < -0.4 is 15.9 Å². The quantitative estimate of drug-likeness (QED) is 0.569. The lowest BCUT2D eigenvalue weighted by Crippen LogP contribution is -2.31. The largest absolute Gasteiger partial charge is 0.493 e. The molecule has 0 radical (unpaired) electrons. The smallest absolute Gasteiger partial charge is 0.268 e. The lowest BCUT2D eigenvalue weighted by molar-refractivity contribution is 0.0997. The van der Waals surface area contributed by atoms with Crippen LogP contribution in [0.2, 0.25) is 0 Å². The summed E-state index contributed by atoms with van der Waals surface area (Å²) >= 11 is 0. The van der Waals surface area contributed by atoms with Crippen LogP contribution in [0, 0.1) is 17.0 Å². The molecule has 1 aromatic carbocycles. The van der Waals surface area contributed by atoms with Crippen molar-refractivity contribution in [3.05, 3.63) is 69.3 Å². The van der Waals surface area contributed by atoms with Crippen molar-refractivity contribution in [2.24, 2.45) is 11.1 Å². The number of nitrogens with two attached hydrogens (primary N) is 1. The summed E-state index contributed by atoms with van der Waals surface area (Å²) in [5.41, 5.74) is 6.96. The molecular formula is C26H27F2N3O3. The van der Waals surface area contributed by atoms with Gasteiger partial charge in [0.15, 0.2) is 17.0 Å². The number of ether oxygens (including phenoxy) is 1. The molecule has 1 spiro atoms. The van der Waals surface area contributed by atoms with E-state index in [1.807, 2.05) is 0 Å². The molecule has 2 atom stereocenters. The molecule has 0 saturated heterocycles. The fraction of sp³-hybridized carbons (Fsp3) is 0.423. The van der Waals surface area contributed by atoms with Crippen LogP contribution in [0.1, 0.15) is 78.5 Å². The zero-order valence-corrected chi connectivity index (χ0v) is 19.0. The van der Waals surface area contributed by atoms with Crippen molar-refractivity contribution < 1.29 is 18.3 Å². The monoisotopic (exact) mass is 467 g/mol. The number of primary amides is 1. The number of nitrogens with zero attached hydrogens (tertiary/aromatic N) is 1. The molecule has 3 N–H and O–H groups in total. The molecular weight excluding hydrogens is 440 g/mol. The van der Waals surface area contributed by atoms with Gasteiger partial charge in [-0.2, -0.15) is 4.39 Å². The third kappa shape index (κ3) is 3.65. The molecule has 2 aliphatic rings. The molecule has 0 bridgehead atoms. The average molecular weight is 468 g/mol. The number of carbonyl (C=O) groups excluding carboxylic acids is 1. The molecule has 0 unspecified atom stereocenters. The summed E-state index contributed by atoms with van der Waals surface area (Å²) in [7, 11) is 1.35. The van der Waals surface area contributed by atoms with Gasteiger partial charge in [-0.15, -0.1) is 0 Å². The van der Waals surface area contributed by atoms with Gasteiger partial charge >= 0.3 is 0 Å². The van der Waals surface area contributed by atoms with E-state index in [9.17, 15) is 18.4 Å². The normalized spacial score (nSPS) is 21.7. The molecule has 3 aromatic rings. The molecule has 34 heavy (non-hydrogen) atoms. The van der Waals surface area contributed by atoms with Gasteiger partial charge in [-0.05, 0) is 55.6 Å². The van der Waals surface area contributed by atoms with E-state index in [1.54, 1.807) is 12.1 Å². The molecule has 8 heteroatoms. The Kier molecular flexibility index (Phi) is 5.62. The minimum atomic E-state index is -0.992. The Morgan fingerprint density at radius 2 is 1.94 bits per heavy atom. The van der Waals surface area contributed by atoms with Crippen molar-refractivity contribution in [3.63, 3.8) is 0 Å². The van der Waals surface area contributed by atoms with Crippen LogP contribution in [0.25, 0.3) is 10.9 Å². The standard InChI is InChI=1S/C26H27F2N3O3/c1-34-24-15(4-5-17(27)22(24)28)16-13-26(8-2-3-9-26)10-6-14(16)19-12-20(32)21-18(31-19)7-11-30-23(21)25(29)33/h4-5,7,11-12,14,16H,2-3,6,8-10,13H2,1H3,(H2,29,33)(H,31,32)/t14-,16-/m1/s1. The molecule has 1 amide bonds. The summed E-state index contributed by atoms with van der Waals surface area (Å²) in [5.74, 6) is -3.08. The van der Waals surface area contributed by atoms with E-state index in [-0.39, 0.29) is 39.5 Å². The summed E-state index contributed by atoms with van der Waals surface area (Å²) in [4.78, 5) is 32.2. The fourth-order valence-corrected chi connectivity index (χ4v) is 6.31. The topological polar surface area (TPSA) is 98.1 Å². The second-order valence-corrected chi connectivity index (χ2v) is 9.68. The predicted octanol–water partition coefficient (Wildman–Crippen LogP) is 4.92. The number of H-pyrrole nitrogens is 1. The predicted molar refractivity (Wildman–Crippen MR) is 124 cm³/mol. The molecule has 2 fully saturated rings. The van der Waals surface area contributed by atoms with Gasteiger partial charge in [0.25, 0.3) is 5.91 Å². The van der Waals surface area contributed by atoms with Crippen LogP contribution in [0.5, 0.6) is 5.75 Å². The number of nitrogens with one attached hydrogen (secondary N) is 1. The summed E-state index contributed by atoms with van der Waals surface area (Å²) < 4.78 is 34.0. The maximum Gasteiger partial charge on any atom is 0.268 e. The van der Waals surface area contributed by atoms with Gasteiger partial charge in [0.05, 0.1) is 18.0 Å². The summed E-state index contributed by atoms with van der Waals surface area (Å²) in [5, 5.41) is 0.156. The lowest BCUT2D eigenvalue weighted by atomic mass is 9.61. The Bertz CT molecular complexity index is 1330. The number of methoxy groups -OCH3 is 1. The molecule has 2 heterocycles. The van der Waals surface area contributed by atoms with E-state index in [0.717, 1.165) is 38.2 Å². The highest BCUT2D eigenvalue weighted by molar-refractivity contribution is 6.03. The van der Waals surface area contributed by atoms with Crippen molar-refractivity contribution in [2.75, 3.05) is 7.11 Å². The summed E-state index contributed by atoms with van der Waals surface area (Å²) in [6.45, 7) is 0. The Labute approximate surface area is 195 Å². The fourth-order valence-electron chi connectivity index (χ4n) is 6.31. The molecule has 2 aromatic heterocycles. The first-order valence-corrected chi connectivity index (χ1v) is 11.7. The van der Waals surface area contributed by atoms with Crippen LogP contribution in [-0.2, 0) is 0 Å². The SMILES string of the molecule is COc1c([C@@H]2CC3(CCCC3)CC[C@H]2c2cc(=O)c3c(C(N)=O)nccc3[nH]2)ccc(F)c1F. The van der Waals surface area contributed by atoms with E-state index < -0.39 is 17.5 Å². The van der Waals surface area contributed by atoms with E-state index in [1.165, 1.54) is 32.2 Å². The number of amides is 1. The van der Waals surface area contributed by atoms with E-state index >= 15 is 0 Å². The van der Waals surface area contributed by atoms with Gasteiger partial charge in [0.2, 0.25) is 5.82 Å². The van der Waals surface area contributed by atoms with Gasteiger partial charge in [-0.25, -0.2) is 4.39 Å². The van der Waals surface area contributed by atoms with Crippen LogP contribution in [-0.4, -0.2) is 23.0 Å². The highest BCUT2D eigenvalue weighted by Crippen LogP contribution is 2.58. The highest BCUT2D eigenvalue weighted by atomic mass is 19.2. The first-order chi connectivity index (χ1) is 16.3. The van der Waals surface area contributed by atoms with Crippen molar-refractivity contribution in [3.8, 4) is 5.75 Å². The zero-order chi connectivity index (χ0) is 24.0. The maximum atomic E-state index is 14.7. The average Bonchev–Trinajstić information content (AvgIpc) is 3.27. The highest BCUT2D eigenvalue weighted by Gasteiger charge is 2.45. The van der Waals surface area contributed by atoms with Gasteiger partial charge in [-0.1, -0.05) is 18.9 Å². The van der Waals surface area contributed by atoms with Gasteiger partial charge < -0.3 is 15.5 Å². The first kappa shape index (κ1) is 22.5. The number of benzene rings is 1. The Balaban J connectivity index is 1.65. The third-order valence-electron chi connectivity index (χ3n) is 7.87. The second kappa shape index (κ2) is 8.49. The van der Waals surface area contributed by atoms with Crippen molar-refractivity contribution in [2.45, 2.75) is 56.8 Å². The van der Waals surface area contributed by atoms with Crippen LogP contribution in [0.15, 0.2) is 35.3 Å². The van der Waals surface area contributed by atoms with Crippen molar-refractivity contribution >= 4 is 16.8 Å². The summed E-state index contributed by atoms with van der Waals surface area (Å²) in [6, 6.07) is 5.89. The molecule has 5 rings (SSSR count). The summed E-state index contributed by atoms with van der Waals surface area (Å²) in [6.07, 6.45) is 8.61. The molecule has 2 aliphatic carbocycles. The minimum absolute atomic E-state index is 0.0716. The van der Waals surface area contributed by atoms with Crippen LogP contribution >= 0.6 is 0 Å². The molecule has 0 aliphatic heterocycles. The van der Waals surface area contributed by atoms with E-state index in [2.05, 4.69) is 9.97 Å². The number of rotatable bonds is 4. The van der Waals surface area contributed by atoms with Crippen molar-refractivity contribution in [1.82, 2.24) is 9.97 Å². The Hall–Kier alpha value is -3.29. The number of hydrogen-bond donors (Lipinski definition) is 2. The van der Waals surface area contributed by atoms with Gasteiger partial charge in [-0.3, -0.25) is 14.6 Å². The number of aromatic amines is 1. The number of fused-ring (bicyclic) bond motifs is 1. The maximum absolute atomic E-state index is 14.7. The molecule has 178 valence electrons.